The Morgan fingerprint density at radius 1 is 1.16 bits per heavy atom. The van der Waals surface area contributed by atoms with Gasteiger partial charge in [-0.3, -0.25) is 9.59 Å². The van der Waals surface area contributed by atoms with Crippen molar-refractivity contribution in [2.45, 2.75) is 27.3 Å². The molecule has 0 radical (unpaired) electrons. The number of ether oxygens (including phenoxy) is 1. The minimum absolute atomic E-state index is 0.0573. The molecule has 0 aliphatic carbocycles. The zero-order valence-electron chi connectivity index (χ0n) is 15.0. The van der Waals surface area contributed by atoms with E-state index in [1.807, 2.05) is 45.0 Å². The Morgan fingerprint density at radius 2 is 1.88 bits per heavy atom. The number of amides is 2. The number of nitrogens with zero attached hydrogens (tertiary/aromatic N) is 1. The normalized spacial score (nSPS) is 11.0. The largest absolute Gasteiger partial charge is 0.496 e. The maximum atomic E-state index is 12.4. The average molecular weight is 344 g/mol. The zero-order chi connectivity index (χ0) is 18.4. The van der Waals surface area contributed by atoms with Crippen molar-refractivity contribution in [3.8, 4) is 5.75 Å². The molecule has 3 N–H and O–H groups in total. The number of para-hydroxylation sites is 1. The number of carbonyl (C=O) groups is 2. The van der Waals surface area contributed by atoms with Crippen molar-refractivity contribution in [2.75, 3.05) is 13.7 Å². The van der Waals surface area contributed by atoms with Crippen molar-refractivity contribution >= 4 is 11.8 Å². The van der Waals surface area contributed by atoms with Gasteiger partial charge in [0.15, 0.2) is 5.69 Å². The van der Waals surface area contributed by atoms with Crippen LogP contribution in [0, 0.1) is 5.41 Å². The Morgan fingerprint density at radius 3 is 2.56 bits per heavy atom. The third kappa shape index (κ3) is 5.07. The maximum Gasteiger partial charge on any atom is 0.272 e. The number of nitrogens with one attached hydrogen (secondary N) is 3. The first-order valence-corrected chi connectivity index (χ1v) is 8.03. The third-order valence-corrected chi connectivity index (χ3v) is 3.49. The summed E-state index contributed by atoms with van der Waals surface area (Å²) >= 11 is 0. The monoisotopic (exact) mass is 344 g/mol. The summed E-state index contributed by atoms with van der Waals surface area (Å²) < 4.78 is 5.26. The van der Waals surface area contributed by atoms with Gasteiger partial charge in [0.05, 0.1) is 13.4 Å². The van der Waals surface area contributed by atoms with Gasteiger partial charge in [-0.25, -0.2) is 4.98 Å². The van der Waals surface area contributed by atoms with E-state index in [0.717, 1.165) is 5.56 Å². The molecule has 0 unspecified atom stereocenters. The number of rotatable bonds is 6. The molecule has 134 valence electrons. The molecule has 2 amide bonds. The second-order valence-electron chi connectivity index (χ2n) is 6.86. The van der Waals surface area contributed by atoms with Crippen molar-refractivity contribution in [3.05, 3.63) is 47.5 Å². The van der Waals surface area contributed by atoms with E-state index in [1.54, 1.807) is 7.11 Å². The van der Waals surface area contributed by atoms with Crippen molar-refractivity contribution in [2.24, 2.45) is 5.41 Å². The fraction of sp³-hybridized carbons (Fsp3) is 0.389. The molecule has 1 heterocycles. The predicted octanol–water partition coefficient (Wildman–Crippen LogP) is 2.12. The van der Waals surface area contributed by atoms with E-state index in [1.165, 1.54) is 6.33 Å². The lowest BCUT2D eigenvalue weighted by Crippen LogP contribution is -2.34. The molecule has 0 spiro atoms. The van der Waals surface area contributed by atoms with Crippen LogP contribution in [-0.4, -0.2) is 35.4 Å². The lowest BCUT2D eigenvalue weighted by atomic mass is 9.97. The molecular weight excluding hydrogens is 320 g/mol. The van der Waals surface area contributed by atoms with Gasteiger partial charge < -0.3 is 20.4 Å². The Labute approximate surface area is 147 Å². The molecule has 0 saturated carbocycles. The Hall–Kier alpha value is -2.83. The number of imidazole rings is 1. The fourth-order valence-electron chi connectivity index (χ4n) is 2.18. The highest BCUT2D eigenvalue weighted by molar-refractivity contribution is 6.04. The summed E-state index contributed by atoms with van der Waals surface area (Å²) in [5, 5.41) is 5.56. The van der Waals surface area contributed by atoms with Gasteiger partial charge in [-0.2, -0.15) is 0 Å². The molecule has 2 rings (SSSR count). The van der Waals surface area contributed by atoms with Gasteiger partial charge >= 0.3 is 0 Å². The minimum Gasteiger partial charge on any atom is -0.496 e. The summed E-state index contributed by atoms with van der Waals surface area (Å²) in [5.41, 5.74) is 1.01. The van der Waals surface area contributed by atoms with Crippen molar-refractivity contribution in [1.29, 1.82) is 0 Å². The van der Waals surface area contributed by atoms with Crippen LogP contribution in [0.4, 0.5) is 0 Å². The first-order valence-electron chi connectivity index (χ1n) is 8.03. The third-order valence-electron chi connectivity index (χ3n) is 3.49. The van der Waals surface area contributed by atoms with Gasteiger partial charge in [0.1, 0.15) is 11.4 Å². The number of benzene rings is 1. The fourth-order valence-corrected chi connectivity index (χ4v) is 2.18. The van der Waals surface area contributed by atoms with E-state index in [9.17, 15) is 9.59 Å². The Balaban J connectivity index is 2.03. The Kier molecular flexibility index (Phi) is 5.80. The van der Waals surface area contributed by atoms with Crippen LogP contribution < -0.4 is 15.4 Å². The van der Waals surface area contributed by atoms with Crippen LogP contribution in [0.15, 0.2) is 30.6 Å². The van der Waals surface area contributed by atoms with E-state index in [0.29, 0.717) is 12.3 Å². The smallest absolute Gasteiger partial charge is 0.272 e. The minimum atomic E-state index is -0.399. The van der Waals surface area contributed by atoms with Crippen LogP contribution in [0.1, 0.15) is 47.3 Å². The van der Waals surface area contributed by atoms with E-state index in [4.69, 9.17) is 4.74 Å². The van der Waals surface area contributed by atoms with Crippen molar-refractivity contribution < 1.29 is 14.3 Å². The van der Waals surface area contributed by atoms with E-state index in [-0.39, 0.29) is 29.3 Å². The topological polar surface area (TPSA) is 96.1 Å². The molecule has 1 aromatic heterocycles. The van der Waals surface area contributed by atoms with Gasteiger partial charge in [-0.15, -0.1) is 0 Å². The lowest BCUT2D eigenvalue weighted by Gasteiger charge is -2.18. The van der Waals surface area contributed by atoms with Gasteiger partial charge in [0.2, 0.25) is 0 Å². The first-order chi connectivity index (χ1) is 11.8. The first kappa shape index (κ1) is 18.5. The highest BCUT2D eigenvalue weighted by Crippen LogP contribution is 2.17. The van der Waals surface area contributed by atoms with E-state index >= 15 is 0 Å². The summed E-state index contributed by atoms with van der Waals surface area (Å²) in [6.45, 7) is 6.81. The zero-order valence-corrected chi connectivity index (χ0v) is 15.0. The average Bonchev–Trinajstić information content (AvgIpc) is 3.07. The molecule has 0 saturated heterocycles. The lowest BCUT2D eigenvalue weighted by molar-refractivity contribution is 0.0905. The summed E-state index contributed by atoms with van der Waals surface area (Å²) in [6, 6.07) is 7.41. The van der Waals surface area contributed by atoms with Gasteiger partial charge in [-0.1, -0.05) is 39.0 Å². The van der Waals surface area contributed by atoms with Crippen molar-refractivity contribution in [3.63, 3.8) is 0 Å². The second kappa shape index (κ2) is 7.83. The molecule has 0 atom stereocenters. The van der Waals surface area contributed by atoms with Crippen LogP contribution in [0.2, 0.25) is 0 Å². The molecule has 1 aromatic carbocycles. The summed E-state index contributed by atoms with van der Waals surface area (Å²) in [5.74, 6) is -0.0847. The summed E-state index contributed by atoms with van der Waals surface area (Å²) in [6.07, 6.45) is 1.34. The van der Waals surface area contributed by atoms with Crippen LogP contribution in [0.5, 0.6) is 5.75 Å². The highest BCUT2D eigenvalue weighted by Gasteiger charge is 2.21. The van der Waals surface area contributed by atoms with Crippen LogP contribution in [0.3, 0.4) is 0 Å². The van der Waals surface area contributed by atoms with Gasteiger partial charge in [0, 0.05) is 18.7 Å². The molecule has 0 fully saturated rings. The number of aromatic amines is 1. The van der Waals surface area contributed by atoms with Gasteiger partial charge in [-0.05, 0) is 11.5 Å². The number of hydrogen-bond donors (Lipinski definition) is 3. The van der Waals surface area contributed by atoms with Crippen LogP contribution >= 0.6 is 0 Å². The quantitative estimate of drug-likeness (QED) is 0.748. The summed E-state index contributed by atoms with van der Waals surface area (Å²) in [7, 11) is 1.58. The number of hydrogen-bond acceptors (Lipinski definition) is 4. The molecule has 7 heteroatoms. The highest BCUT2D eigenvalue weighted by atomic mass is 16.5. The number of carbonyl (C=O) groups excluding carboxylic acids is 2. The SMILES string of the molecule is COc1ccccc1CNC(=O)c1[nH]cnc1C(=O)NCC(C)(C)C. The Bertz CT molecular complexity index is 747. The van der Waals surface area contributed by atoms with Crippen molar-refractivity contribution in [1.82, 2.24) is 20.6 Å². The van der Waals surface area contributed by atoms with E-state index in [2.05, 4.69) is 20.6 Å². The predicted molar refractivity (Wildman–Crippen MR) is 94.5 cm³/mol. The van der Waals surface area contributed by atoms with E-state index < -0.39 is 5.91 Å². The molecular formula is C18H24N4O3. The molecule has 25 heavy (non-hydrogen) atoms. The number of methoxy groups -OCH3 is 1. The molecule has 7 nitrogen and oxygen atoms in total. The summed E-state index contributed by atoms with van der Waals surface area (Å²) in [4.78, 5) is 31.4. The number of H-pyrrole nitrogens is 1. The standard InChI is InChI=1S/C18H24N4O3/c1-18(2,3)10-20-17(24)15-14(21-11-22-15)16(23)19-9-12-7-5-6-8-13(12)25-4/h5-8,11H,9-10H2,1-4H3,(H,19,23)(H,20,24)(H,21,22). The second-order valence-corrected chi connectivity index (χ2v) is 6.86. The van der Waals surface area contributed by atoms with Crippen LogP contribution in [0.25, 0.3) is 0 Å². The maximum absolute atomic E-state index is 12.4. The van der Waals surface area contributed by atoms with Gasteiger partial charge in [0.25, 0.3) is 11.8 Å². The molecule has 0 bridgehead atoms. The molecule has 0 aliphatic heterocycles. The molecule has 2 aromatic rings. The molecule has 0 aliphatic rings. The van der Waals surface area contributed by atoms with Crippen LogP contribution in [-0.2, 0) is 6.54 Å². The number of aromatic nitrogens is 2.